The molecule has 4 heteroatoms. The maximum absolute atomic E-state index is 11.6. The summed E-state index contributed by atoms with van der Waals surface area (Å²) < 4.78 is 11.6. The van der Waals surface area contributed by atoms with Gasteiger partial charge in [0.15, 0.2) is 0 Å². The number of carbonyl (C=O) groups excluding carboxylic acids is 1. The molecule has 0 unspecified atom stereocenters. The van der Waals surface area contributed by atoms with Crippen molar-refractivity contribution in [3.63, 3.8) is 0 Å². The zero-order chi connectivity index (χ0) is 9.40. The lowest BCUT2D eigenvalue weighted by Gasteiger charge is -2.07. The highest BCUT2D eigenvalue weighted by molar-refractivity contribution is 5.77. The van der Waals surface area contributed by atoms with E-state index in [4.69, 9.17) is 0 Å². The van der Waals surface area contributed by atoms with E-state index in [-0.39, 0.29) is 19.0 Å². The molecule has 1 amide bonds. The van der Waals surface area contributed by atoms with Crippen LogP contribution in [0.25, 0.3) is 0 Å². The van der Waals surface area contributed by atoms with Crippen LogP contribution in [-0.4, -0.2) is 32.2 Å². The number of carbonyl (C=O) groups is 1. The Morgan fingerprint density at radius 1 is 1.50 bits per heavy atom. The van der Waals surface area contributed by atoms with Crippen molar-refractivity contribution in [3.8, 4) is 0 Å². The van der Waals surface area contributed by atoms with Gasteiger partial charge in [0.2, 0.25) is 5.91 Å². The van der Waals surface area contributed by atoms with Crippen LogP contribution in [0.3, 0.4) is 0 Å². The van der Waals surface area contributed by atoms with Crippen molar-refractivity contribution in [1.82, 2.24) is 10.6 Å². The first-order valence-electron chi connectivity index (χ1n) is 4.20. The molecule has 0 saturated heterocycles. The van der Waals surface area contributed by atoms with Gasteiger partial charge in [0.05, 0.1) is 6.54 Å². The first-order valence-corrected chi connectivity index (χ1v) is 4.20. The van der Waals surface area contributed by atoms with Gasteiger partial charge >= 0.3 is 0 Å². The van der Waals surface area contributed by atoms with Crippen LogP contribution >= 0.6 is 0 Å². The van der Waals surface area contributed by atoms with Gasteiger partial charge in [0.25, 0.3) is 0 Å². The maximum Gasteiger partial charge on any atom is 0.233 e. The van der Waals surface area contributed by atoms with E-state index >= 15 is 0 Å². The molecule has 0 saturated carbocycles. The molecule has 0 aromatic rings. The third-order valence-electron chi connectivity index (χ3n) is 1.26. The predicted molar refractivity (Wildman–Crippen MR) is 46.7 cm³/mol. The Hall–Kier alpha value is -0.640. The van der Waals surface area contributed by atoms with Gasteiger partial charge in [-0.3, -0.25) is 4.79 Å². The molecule has 0 aromatic heterocycles. The van der Waals surface area contributed by atoms with Crippen LogP contribution in [0, 0.1) is 5.92 Å². The van der Waals surface area contributed by atoms with Crippen molar-refractivity contribution in [1.29, 1.82) is 0 Å². The standard InChI is InChI=1S/C8H17FN2O/c1-7(2)5-11-8(12)6-10-4-3-9/h7,10H,3-6H2,1-2H3,(H,11,12). The average molecular weight is 176 g/mol. The summed E-state index contributed by atoms with van der Waals surface area (Å²) in [6.07, 6.45) is 0. The summed E-state index contributed by atoms with van der Waals surface area (Å²) in [5, 5.41) is 5.39. The summed E-state index contributed by atoms with van der Waals surface area (Å²) in [7, 11) is 0. The van der Waals surface area contributed by atoms with Gasteiger partial charge < -0.3 is 10.6 Å². The normalized spacial score (nSPS) is 10.3. The summed E-state index contributed by atoms with van der Waals surface area (Å²) in [5.41, 5.74) is 0. The van der Waals surface area contributed by atoms with Crippen molar-refractivity contribution in [2.75, 3.05) is 26.3 Å². The molecular formula is C8H17FN2O. The van der Waals surface area contributed by atoms with E-state index in [2.05, 4.69) is 10.6 Å². The number of amides is 1. The quantitative estimate of drug-likeness (QED) is 0.572. The summed E-state index contributed by atoms with van der Waals surface area (Å²) >= 11 is 0. The molecule has 0 aliphatic rings. The van der Waals surface area contributed by atoms with E-state index in [9.17, 15) is 9.18 Å². The molecule has 0 aliphatic heterocycles. The first-order chi connectivity index (χ1) is 5.66. The highest BCUT2D eigenvalue weighted by atomic mass is 19.1. The van der Waals surface area contributed by atoms with Crippen molar-refractivity contribution >= 4 is 5.91 Å². The Morgan fingerprint density at radius 3 is 2.67 bits per heavy atom. The summed E-state index contributed by atoms with van der Waals surface area (Å²) in [5.74, 6) is 0.382. The van der Waals surface area contributed by atoms with Crippen molar-refractivity contribution in [3.05, 3.63) is 0 Å². The molecule has 2 N–H and O–H groups in total. The minimum Gasteiger partial charge on any atom is -0.355 e. The van der Waals surface area contributed by atoms with Gasteiger partial charge in [-0.1, -0.05) is 13.8 Å². The Balaban J connectivity index is 3.22. The first kappa shape index (κ1) is 11.4. The largest absolute Gasteiger partial charge is 0.355 e. The highest BCUT2D eigenvalue weighted by Gasteiger charge is 2.00. The average Bonchev–Trinajstić information content (AvgIpc) is 2.01. The van der Waals surface area contributed by atoms with Crippen LogP contribution < -0.4 is 10.6 Å². The molecular weight excluding hydrogens is 159 g/mol. The van der Waals surface area contributed by atoms with Crippen LogP contribution in [0.4, 0.5) is 4.39 Å². The van der Waals surface area contributed by atoms with Gasteiger partial charge in [0.1, 0.15) is 6.67 Å². The second kappa shape index (κ2) is 7.03. The third-order valence-corrected chi connectivity index (χ3v) is 1.26. The maximum atomic E-state index is 11.6. The number of hydrogen-bond acceptors (Lipinski definition) is 2. The fourth-order valence-corrected chi connectivity index (χ4v) is 0.649. The Bertz CT molecular complexity index is 128. The van der Waals surface area contributed by atoms with Gasteiger partial charge in [-0.15, -0.1) is 0 Å². The molecule has 0 atom stereocenters. The smallest absolute Gasteiger partial charge is 0.233 e. The SMILES string of the molecule is CC(C)CNC(=O)CNCCF. The van der Waals surface area contributed by atoms with Crippen LogP contribution in [-0.2, 0) is 4.79 Å². The lowest BCUT2D eigenvalue weighted by Crippen LogP contribution is -2.36. The lowest BCUT2D eigenvalue weighted by atomic mass is 10.2. The van der Waals surface area contributed by atoms with Crippen LogP contribution in [0.2, 0.25) is 0 Å². The summed E-state index contributed by atoms with van der Waals surface area (Å²) in [6, 6.07) is 0. The van der Waals surface area contributed by atoms with E-state index in [1.165, 1.54) is 0 Å². The lowest BCUT2D eigenvalue weighted by molar-refractivity contribution is -0.120. The molecule has 0 bridgehead atoms. The third kappa shape index (κ3) is 7.47. The minimum atomic E-state index is -0.433. The highest BCUT2D eigenvalue weighted by Crippen LogP contribution is 1.85. The van der Waals surface area contributed by atoms with Crippen LogP contribution in [0.5, 0.6) is 0 Å². The zero-order valence-electron chi connectivity index (χ0n) is 7.69. The zero-order valence-corrected chi connectivity index (χ0v) is 7.69. The van der Waals surface area contributed by atoms with Gasteiger partial charge in [-0.2, -0.15) is 0 Å². The number of halogens is 1. The second-order valence-corrected chi connectivity index (χ2v) is 3.06. The Labute approximate surface area is 72.7 Å². The van der Waals surface area contributed by atoms with Gasteiger partial charge in [0, 0.05) is 13.1 Å². The van der Waals surface area contributed by atoms with Crippen LogP contribution in [0.1, 0.15) is 13.8 Å². The van der Waals surface area contributed by atoms with Crippen molar-refractivity contribution in [2.45, 2.75) is 13.8 Å². The fourth-order valence-electron chi connectivity index (χ4n) is 0.649. The summed E-state index contributed by atoms with van der Waals surface area (Å²) in [4.78, 5) is 10.9. The van der Waals surface area contributed by atoms with E-state index in [1.807, 2.05) is 13.8 Å². The molecule has 0 aromatic carbocycles. The Kier molecular flexibility index (Phi) is 6.66. The molecule has 3 nitrogen and oxygen atoms in total. The molecule has 0 heterocycles. The topological polar surface area (TPSA) is 41.1 Å². The second-order valence-electron chi connectivity index (χ2n) is 3.06. The van der Waals surface area contributed by atoms with Crippen LogP contribution in [0.15, 0.2) is 0 Å². The molecule has 0 rings (SSSR count). The Morgan fingerprint density at radius 2 is 2.17 bits per heavy atom. The molecule has 0 radical (unpaired) electrons. The number of nitrogens with one attached hydrogen (secondary N) is 2. The number of rotatable bonds is 6. The molecule has 0 fully saturated rings. The van der Waals surface area contributed by atoms with E-state index in [0.29, 0.717) is 12.5 Å². The number of hydrogen-bond donors (Lipinski definition) is 2. The van der Waals surface area contributed by atoms with Gasteiger partial charge in [-0.05, 0) is 5.92 Å². The molecule has 72 valence electrons. The van der Waals surface area contributed by atoms with Gasteiger partial charge in [-0.25, -0.2) is 4.39 Å². The minimum absolute atomic E-state index is 0.0721. The van der Waals surface area contributed by atoms with Crippen molar-refractivity contribution < 1.29 is 9.18 Å². The molecule has 0 spiro atoms. The monoisotopic (exact) mass is 176 g/mol. The van der Waals surface area contributed by atoms with E-state index < -0.39 is 6.67 Å². The molecule has 12 heavy (non-hydrogen) atoms. The summed E-state index contributed by atoms with van der Waals surface area (Å²) in [6.45, 7) is 4.74. The van der Waals surface area contributed by atoms with E-state index in [1.54, 1.807) is 0 Å². The van der Waals surface area contributed by atoms with Crippen molar-refractivity contribution in [2.24, 2.45) is 5.92 Å². The van der Waals surface area contributed by atoms with E-state index in [0.717, 1.165) is 0 Å². The fraction of sp³-hybridized carbons (Fsp3) is 0.875. The predicted octanol–water partition coefficient (Wildman–Crippen LogP) is 0.318. The number of alkyl halides is 1. The molecule has 0 aliphatic carbocycles.